The zero-order valence-electron chi connectivity index (χ0n) is 10.8. The normalized spacial score (nSPS) is 24.0. The molecule has 0 aromatic carbocycles. The molecule has 2 aromatic rings. The number of alkyl halides is 3. The Labute approximate surface area is 121 Å². The molecule has 21 heavy (non-hydrogen) atoms. The van der Waals surface area contributed by atoms with Crippen molar-refractivity contribution in [3.05, 3.63) is 23.5 Å². The van der Waals surface area contributed by atoms with Crippen LogP contribution in [0.2, 0.25) is 0 Å². The first-order chi connectivity index (χ1) is 9.82. The maximum absolute atomic E-state index is 13.1. The number of rotatable bonds is 3. The Morgan fingerprint density at radius 2 is 2.29 bits per heavy atom. The topological polar surface area (TPSA) is 57.8 Å². The lowest BCUT2D eigenvalue weighted by Gasteiger charge is -2.27. The van der Waals surface area contributed by atoms with Crippen molar-refractivity contribution in [2.75, 3.05) is 13.1 Å². The van der Waals surface area contributed by atoms with Crippen LogP contribution in [-0.4, -0.2) is 44.6 Å². The van der Waals surface area contributed by atoms with E-state index >= 15 is 0 Å². The van der Waals surface area contributed by atoms with E-state index in [1.807, 2.05) is 11.6 Å². The Morgan fingerprint density at radius 1 is 1.52 bits per heavy atom. The van der Waals surface area contributed by atoms with Crippen LogP contribution in [0.15, 0.2) is 17.8 Å². The fourth-order valence-corrected chi connectivity index (χ4v) is 3.35. The lowest BCUT2D eigenvalue weighted by Crippen LogP contribution is -2.47. The fraction of sp³-hybridized carbons (Fsp3) is 0.500. The van der Waals surface area contributed by atoms with Gasteiger partial charge >= 0.3 is 12.1 Å². The number of carboxylic acid groups (broad SMARTS) is 1. The van der Waals surface area contributed by atoms with Crippen LogP contribution < -0.4 is 0 Å². The van der Waals surface area contributed by atoms with Gasteiger partial charge in [0.15, 0.2) is 10.4 Å². The summed E-state index contributed by atoms with van der Waals surface area (Å²) in [5.74, 6) is -1.80. The lowest BCUT2D eigenvalue weighted by atomic mass is 9.86. The van der Waals surface area contributed by atoms with Gasteiger partial charge in [-0.1, -0.05) is 0 Å². The van der Waals surface area contributed by atoms with Crippen molar-refractivity contribution in [3.63, 3.8) is 0 Å². The number of aromatic nitrogens is 2. The van der Waals surface area contributed by atoms with Crippen molar-refractivity contribution in [1.29, 1.82) is 0 Å². The summed E-state index contributed by atoms with van der Waals surface area (Å²) >= 11 is 1.43. The number of aliphatic carboxylic acids is 1. The van der Waals surface area contributed by atoms with E-state index < -0.39 is 30.5 Å². The first-order valence-electron chi connectivity index (χ1n) is 6.25. The van der Waals surface area contributed by atoms with Crippen LogP contribution in [0.1, 0.15) is 12.1 Å². The maximum atomic E-state index is 13.1. The molecular weight excluding hydrogens is 307 g/mol. The van der Waals surface area contributed by atoms with E-state index in [1.165, 1.54) is 16.2 Å². The third kappa shape index (κ3) is 2.30. The van der Waals surface area contributed by atoms with E-state index in [-0.39, 0.29) is 13.1 Å². The van der Waals surface area contributed by atoms with Crippen molar-refractivity contribution in [2.24, 2.45) is 5.41 Å². The average molecular weight is 319 g/mol. The van der Waals surface area contributed by atoms with Crippen LogP contribution in [0, 0.1) is 5.41 Å². The summed E-state index contributed by atoms with van der Waals surface area (Å²) in [6.45, 7) is -0.215. The summed E-state index contributed by atoms with van der Waals surface area (Å²) in [5, 5.41) is 10.9. The van der Waals surface area contributed by atoms with E-state index in [0.717, 1.165) is 4.96 Å². The summed E-state index contributed by atoms with van der Waals surface area (Å²) in [7, 11) is 0. The quantitative estimate of drug-likeness (QED) is 0.942. The van der Waals surface area contributed by atoms with Crippen molar-refractivity contribution >= 4 is 22.3 Å². The Morgan fingerprint density at radius 3 is 2.86 bits per heavy atom. The van der Waals surface area contributed by atoms with E-state index in [0.29, 0.717) is 5.69 Å². The molecular formula is C12H12F3N3O2S. The zero-order chi connectivity index (χ0) is 15.3. The number of carbonyl (C=O) groups is 1. The molecule has 3 rings (SSSR count). The largest absolute Gasteiger partial charge is 0.481 e. The van der Waals surface area contributed by atoms with Crippen molar-refractivity contribution in [2.45, 2.75) is 19.1 Å². The second-order valence-electron chi connectivity index (χ2n) is 5.17. The molecule has 0 aliphatic carbocycles. The number of halogens is 3. The maximum Gasteiger partial charge on any atom is 0.406 e. The first kappa shape index (κ1) is 14.3. The number of likely N-dealkylation sites (tertiary alicyclic amines) is 1. The molecule has 3 heterocycles. The number of hydrogen-bond donors (Lipinski definition) is 1. The van der Waals surface area contributed by atoms with E-state index in [2.05, 4.69) is 4.98 Å². The van der Waals surface area contributed by atoms with Gasteiger partial charge in [-0.3, -0.25) is 14.1 Å². The number of hydrogen-bond acceptors (Lipinski definition) is 4. The minimum absolute atomic E-state index is 0.0942. The summed E-state index contributed by atoms with van der Waals surface area (Å²) in [4.78, 5) is 17.7. The Bertz CT molecular complexity index is 652. The average Bonchev–Trinajstić information content (AvgIpc) is 3.01. The molecule has 0 radical (unpaired) electrons. The minimum atomic E-state index is -4.75. The van der Waals surface area contributed by atoms with Gasteiger partial charge < -0.3 is 5.11 Å². The molecule has 2 aromatic heterocycles. The molecule has 1 atom stereocenters. The molecule has 5 nitrogen and oxygen atoms in total. The predicted molar refractivity (Wildman–Crippen MR) is 69.1 cm³/mol. The van der Waals surface area contributed by atoms with E-state index in [9.17, 15) is 18.0 Å². The molecule has 0 bridgehead atoms. The highest BCUT2D eigenvalue weighted by atomic mass is 32.1. The van der Waals surface area contributed by atoms with Crippen LogP contribution in [0.25, 0.3) is 4.96 Å². The standard InChI is InChI=1S/C12H12F3N3O2S/c13-12(14,15)11(9(19)20)1-2-17(7-11)5-8-6-18-3-4-21-10(18)16-8/h3-4,6H,1-2,5,7H2,(H,19,20). The smallest absolute Gasteiger partial charge is 0.406 e. The lowest BCUT2D eigenvalue weighted by molar-refractivity contribution is -0.227. The number of nitrogens with zero attached hydrogens (tertiary/aromatic N) is 3. The monoisotopic (exact) mass is 319 g/mol. The van der Waals surface area contributed by atoms with E-state index in [1.54, 1.807) is 10.6 Å². The van der Waals surface area contributed by atoms with Crippen LogP contribution >= 0.6 is 11.3 Å². The Hall–Kier alpha value is -1.61. The summed E-state index contributed by atoms with van der Waals surface area (Å²) < 4.78 is 41.0. The fourth-order valence-electron chi connectivity index (χ4n) is 2.63. The van der Waals surface area contributed by atoms with Crippen LogP contribution in [0.3, 0.4) is 0 Å². The molecule has 114 valence electrons. The summed E-state index contributed by atoms with van der Waals surface area (Å²) in [6, 6.07) is 0. The molecule has 0 amide bonds. The van der Waals surface area contributed by atoms with Crippen molar-refractivity contribution in [3.8, 4) is 0 Å². The number of imidazole rings is 1. The van der Waals surface area contributed by atoms with Gasteiger partial charge in [0, 0.05) is 37.4 Å². The van der Waals surface area contributed by atoms with Gasteiger partial charge in [-0.2, -0.15) is 13.2 Å². The number of carboxylic acids is 1. The van der Waals surface area contributed by atoms with Gasteiger partial charge in [-0.25, -0.2) is 4.98 Å². The molecule has 1 fully saturated rings. The second kappa shape index (κ2) is 4.70. The second-order valence-corrected chi connectivity index (χ2v) is 6.04. The number of thiazole rings is 1. The molecule has 1 aliphatic heterocycles. The summed E-state index contributed by atoms with van der Waals surface area (Å²) in [5.41, 5.74) is -2.02. The Kier molecular flexibility index (Phi) is 3.21. The SMILES string of the molecule is O=C(O)C1(C(F)(F)F)CCN(Cc2cn3ccsc3n2)C1. The third-order valence-corrected chi connectivity index (χ3v) is 4.60. The van der Waals surface area contributed by atoms with Gasteiger partial charge in [0.25, 0.3) is 0 Å². The third-order valence-electron chi connectivity index (χ3n) is 3.83. The van der Waals surface area contributed by atoms with E-state index in [4.69, 9.17) is 5.11 Å². The molecule has 0 saturated carbocycles. The molecule has 1 aliphatic rings. The molecule has 1 unspecified atom stereocenters. The molecule has 0 spiro atoms. The van der Waals surface area contributed by atoms with Gasteiger partial charge in [-0.15, -0.1) is 11.3 Å². The highest BCUT2D eigenvalue weighted by molar-refractivity contribution is 7.15. The molecule has 1 N–H and O–H groups in total. The van der Waals surface area contributed by atoms with Crippen LogP contribution in [-0.2, 0) is 11.3 Å². The molecule has 1 saturated heterocycles. The van der Waals surface area contributed by atoms with Crippen molar-refractivity contribution in [1.82, 2.24) is 14.3 Å². The molecule has 9 heteroatoms. The van der Waals surface area contributed by atoms with Crippen LogP contribution in [0.5, 0.6) is 0 Å². The highest BCUT2D eigenvalue weighted by Gasteiger charge is 2.63. The Balaban J connectivity index is 1.77. The number of fused-ring (bicyclic) bond motifs is 1. The van der Waals surface area contributed by atoms with Gasteiger partial charge in [0.1, 0.15) is 0 Å². The predicted octanol–water partition coefficient (Wildman–Crippen LogP) is 2.23. The van der Waals surface area contributed by atoms with Crippen LogP contribution in [0.4, 0.5) is 13.2 Å². The highest BCUT2D eigenvalue weighted by Crippen LogP contribution is 2.45. The summed E-state index contributed by atoms with van der Waals surface area (Å²) in [6.07, 6.45) is -1.60. The minimum Gasteiger partial charge on any atom is -0.481 e. The van der Waals surface area contributed by atoms with Crippen molar-refractivity contribution < 1.29 is 23.1 Å². The van der Waals surface area contributed by atoms with Gasteiger partial charge in [0.05, 0.1) is 5.69 Å². The van der Waals surface area contributed by atoms with Gasteiger partial charge in [0.2, 0.25) is 0 Å². The zero-order valence-corrected chi connectivity index (χ0v) is 11.6. The first-order valence-corrected chi connectivity index (χ1v) is 7.13. The van der Waals surface area contributed by atoms with Gasteiger partial charge in [-0.05, 0) is 6.42 Å².